The molecule has 2 fully saturated rings. The Balaban J connectivity index is 1.62. The van der Waals surface area contributed by atoms with Crippen molar-refractivity contribution in [1.29, 1.82) is 0 Å². The van der Waals surface area contributed by atoms with Gasteiger partial charge in [-0.15, -0.1) is 0 Å². The smallest absolute Gasteiger partial charge is 0.247 e. The minimum absolute atomic E-state index is 0.0599. The van der Waals surface area contributed by atoms with Crippen LogP contribution < -0.4 is 4.74 Å². The van der Waals surface area contributed by atoms with Crippen molar-refractivity contribution in [2.45, 2.75) is 56.6 Å². The lowest BCUT2D eigenvalue weighted by Crippen LogP contribution is -2.50. The van der Waals surface area contributed by atoms with Gasteiger partial charge in [-0.25, -0.2) is 8.42 Å². The number of aliphatic hydroxyl groups is 1. The van der Waals surface area contributed by atoms with Gasteiger partial charge in [0.2, 0.25) is 10.0 Å². The van der Waals surface area contributed by atoms with Gasteiger partial charge in [-0.05, 0) is 63.8 Å². The molecule has 3 aliphatic rings. The lowest BCUT2D eigenvalue weighted by Gasteiger charge is -2.38. The number of benzene rings is 1. The number of ether oxygens (including phenoxy) is 2. The third-order valence-corrected chi connectivity index (χ3v) is 9.09. The fourth-order valence-electron chi connectivity index (χ4n) is 4.69. The van der Waals surface area contributed by atoms with E-state index >= 15 is 0 Å². The normalized spacial score (nSPS) is 26.5. The summed E-state index contributed by atoms with van der Waals surface area (Å²) in [7, 11) is -1.72. The molecule has 0 aromatic heterocycles. The number of nitrogens with zero attached hydrogens (tertiary/aromatic N) is 2. The van der Waals surface area contributed by atoms with Crippen LogP contribution >= 0.6 is 0 Å². The Kier molecular flexibility index (Phi) is 8.21. The van der Waals surface area contributed by atoms with E-state index in [0.29, 0.717) is 30.7 Å². The van der Waals surface area contributed by atoms with Gasteiger partial charge in [-0.2, -0.15) is 4.31 Å². The number of hydrogen-bond donors (Lipinski definition) is 1. The van der Waals surface area contributed by atoms with Gasteiger partial charge in [0, 0.05) is 56.3 Å². The van der Waals surface area contributed by atoms with Crippen LogP contribution in [0, 0.1) is 29.6 Å². The number of aliphatic hydroxyl groups excluding tert-OH is 1. The maximum Gasteiger partial charge on any atom is 0.247 e. The first-order valence-electron chi connectivity index (χ1n) is 12.5. The topological polar surface area (TPSA) is 79.3 Å². The van der Waals surface area contributed by atoms with Crippen molar-refractivity contribution in [3.63, 3.8) is 0 Å². The maximum atomic E-state index is 13.6. The quantitative estimate of drug-likeness (QED) is 0.618. The van der Waals surface area contributed by atoms with Gasteiger partial charge < -0.3 is 19.5 Å². The van der Waals surface area contributed by atoms with Crippen molar-refractivity contribution in [3.05, 3.63) is 23.8 Å². The van der Waals surface area contributed by atoms with Crippen LogP contribution in [0.5, 0.6) is 5.75 Å². The van der Waals surface area contributed by atoms with E-state index in [2.05, 4.69) is 23.8 Å². The second kappa shape index (κ2) is 11.0. The van der Waals surface area contributed by atoms with Gasteiger partial charge in [0.1, 0.15) is 16.7 Å². The van der Waals surface area contributed by atoms with Crippen LogP contribution in [0.1, 0.15) is 45.1 Å². The minimum atomic E-state index is -3.82. The zero-order chi connectivity index (χ0) is 24.3. The van der Waals surface area contributed by atoms with Gasteiger partial charge in [-0.1, -0.05) is 18.8 Å². The summed E-state index contributed by atoms with van der Waals surface area (Å²) in [6.45, 7) is 7.12. The van der Waals surface area contributed by atoms with E-state index in [9.17, 15) is 13.5 Å². The fraction of sp³-hybridized carbons (Fsp3) is 0.692. The third-order valence-electron chi connectivity index (χ3n) is 7.07. The minimum Gasteiger partial charge on any atom is -0.487 e. The summed E-state index contributed by atoms with van der Waals surface area (Å²) in [5.74, 6) is 7.79. The lowest BCUT2D eigenvalue weighted by atomic mass is 9.98. The van der Waals surface area contributed by atoms with Crippen LogP contribution in [0.15, 0.2) is 23.1 Å². The highest BCUT2D eigenvalue weighted by Gasteiger charge is 2.38. The molecule has 1 aromatic carbocycles. The second-order valence-corrected chi connectivity index (χ2v) is 12.1. The molecule has 0 spiro atoms. The molecule has 188 valence electrons. The molecular formula is C26H38N2O5S. The Morgan fingerprint density at radius 1 is 1.21 bits per heavy atom. The van der Waals surface area contributed by atoms with E-state index in [0.717, 1.165) is 51.0 Å². The summed E-state index contributed by atoms with van der Waals surface area (Å²) in [5, 5.41) is 9.81. The first-order chi connectivity index (χ1) is 16.3. The molecule has 1 aromatic rings. The zero-order valence-electron chi connectivity index (χ0n) is 20.6. The van der Waals surface area contributed by atoms with Crippen molar-refractivity contribution >= 4 is 10.0 Å². The summed E-state index contributed by atoms with van der Waals surface area (Å²) in [6.07, 6.45) is 4.21. The number of fused-ring (bicyclic) bond motifs is 1. The molecule has 3 atom stereocenters. The van der Waals surface area contributed by atoms with E-state index in [-0.39, 0.29) is 23.5 Å². The van der Waals surface area contributed by atoms with E-state index < -0.39 is 16.1 Å². The highest BCUT2D eigenvalue weighted by molar-refractivity contribution is 7.89. The summed E-state index contributed by atoms with van der Waals surface area (Å²) in [4.78, 5) is 2.44. The number of sulfonamides is 1. The number of hydrogen-bond acceptors (Lipinski definition) is 6. The molecule has 2 heterocycles. The van der Waals surface area contributed by atoms with Gasteiger partial charge in [0.15, 0.2) is 0 Å². The van der Waals surface area contributed by atoms with Crippen molar-refractivity contribution in [2.24, 2.45) is 17.8 Å². The molecule has 1 aliphatic carbocycles. The Labute approximate surface area is 204 Å². The Bertz CT molecular complexity index is 1010. The monoisotopic (exact) mass is 490 g/mol. The largest absolute Gasteiger partial charge is 0.487 e. The third kappa shape index (κ3) is 6.13. The number of likely N-dealkylation sites (N-methyl/N-ethyl adjacent to an activating group) is 1. The lowest BCUT2D eigenvalue weighted by molar-refractivity contribution is 0.0402. The molecule has 2 aliphatic heterocycles. The summed E-state index contributed by atoms with van der Waals surface area (Å²) in [5.41, 5.74) is 0.769. The molecular weight excluding hydrogens is 452 g/mol. The predicted molar refractivity (Wildman–Crippen MR) is 131 cm³/mol. The van der Waals surface area contributed by atoms with Gasteiger partial charge >= 0.3 is 0 Å². The van der Waals surface area contributed by atoms with Gasteiger partial charge in [-0.3, -0.25) is 0 Å². The van der Waals surface area contributed by atoms with Crippen molar-refractivity contribution in [1.82, 2.24) is 9.21 Å². The van der Waals surface area contributed by atoms with Crippen LogP contribution in [-0.2, 0) is 14.8 Å². The fourth-order valence-corrected chi connectivity index (χ4v) is 6.51. The summed E-state index contributed by atoms with van der Waals surface area (Å²) in [6, 6.07) is 4.62. The zero-order valence-corrected chi connectivity index (χ0v) is 21.4. The van der Waals surface area contributed by atoms with Gasteiger partial charge in [0.25, 0.3) is 0 Å². The molecule has 1 N–H and O–H groups in total. The second-order valence-electron chi connectivity index (χ2n) is 10.2. The van der Waals surface area contributed by atoms with E-state index in [1.54, 1.807) is 25.1 Å². The summed E-state index contributed by atoms with van der Waals surface area (Å²) >= 11 is 0. The van der Waals surface area contributed by atoms with Crippen molar-refractivity contribution < 1.29 is 23.0 Å². The van der Waals surface area contributed by atoms with E-state index in [4.69, 9.17) is 9.47 Å². The highest BCUT2D eigenvalue weighted by atomic mass is 32.2. The van der Waals surface area contributed by atoms with Crippen LogP contribution in [0.3, 0.4) is 0 Å². The van der Waals surface area contributed by atoms with Gasteiger partial charge in [0.05, 0.1) is 6.61 Å². The Morgan fingerprint density at radius 2 is 1.94 bits per heavy atom. The predicted octanol–water partition coefficient (Wildman–Crippen LogP) is 2.58. The molecule has 7 nitrogen and oxygen atoms in total. The average Bonchev–Trinajstić information content (AvgIpc) is 3.64. The number of rotatable bonds is 6. The molecule has 0 amide bonds. The Morgan fingerprint density at radius 3 is 2.62 bits per heavy atom. The van der Waals surface area contributed by atoms with Crippen molar-refractivity contribution in [2.75, 3.05) is 46.5 Å². The SMILES string of the molecule is C[C@H](CO)N1C[C@H](C)[C@@H](CN(C)CC2CCOCC2)Oc2cc(C#CC3CC3)ccc2S1(=O)=O. The van der Waals surface area contributed by atoms with E-state index in [1.165, 1.54) is 4.31 Å². The molecule has 0 bridgehead atoms. The van der Waals surface area contributed by atoms with Crippen LogP contribution in [-0.4, -0.2) is 81.4 Å². The van der Waals surface area contributed by atoms with Crippen LogP contribution in [0.2, 0.25) is 0 Å². The molecule has 34 heavy (non-hydrogen) atoms. The Hall–Kier alpha value is -1.63. The molecule has 8 heteroatoms. The molecule has 0 unspecified atom stereocenters. The van der Waals surface area contributed by atoms with Crippen molar-refractivity contribution in [3.8, 4) is 17.6 Å². The van der Waals surface area contributed by atoms with Crippen LogP contribution in [0.4, 0.5) is 0 Å². The molecule has 0 radical (unpaired) electrons. The summed E-state index contributed by atoms with van der Waals surface area (Å²) < 4.78 is 40.5. The average molecular weight is 491 g/mol. The standard InChI is InChI=1S/C26H38N2O5S/c1-19-15-28(20(2)18-29)34(30,31)26-9-8-22(7-6-21-4-5-21)14-24(26)33-25(19)17-27(3)16-23-10-12-32-13-11-23/h8-9,14,19-21,23,25,29H,4-5,10-13,15-18H2,1-3H3/t19-,20+,25+/m0/s1. The highest BCUT2D eigenvalue weighted by Crippen LogP contribution is 2.34. The first-order valence-corrected chi connectivity index (χ1v) is 13.9. The maximum absolute atomic E-state index is 13.6. The van der Waals surface area contributed by atoms with E-state index in [1.807, 2.05) is 6.92 Å². The molecule has 1 saturated heterocycles. The molecule has 4 rings (SSSR count). The van der Waals surface area contributed by atoms with Crippen LogP contribution in [0.25, 0.3) is 0 Å². The molecule has 1 saturated carbocycles. The first kappa shape index (κ1) is 25.5.